The van der Waals surface area contributed by atoms with Crippen LogP contribution in [0.25, 0.3) is 0 Å². The van der Waals surface area contributed by atoms with E-state index in [1.54, 1.807) is 6.08 Å². The molecular weight excluding hydrogens is 280 g/mol. The summed E-state index contributed by atoms with van der Waals surface area (Å²) in [7, 11) is -1.74. The Hall–Kier alpha value is -0.713. The molecule has 1 heterocycles. The fourth-order valence-electron chi connectivity index (χ4n) is 2.77. The molecule has 0 spiro atoms. The summed E-state index contributed by atoms with van der Waals surface area (Å²) in [5, 5.41) is 0.211. The van der Waals surface area contributed by atoms with Crippen molar-refractivity contribution in [3.05, 3.63) is 24.3 Å². The molecule has 118 valence electrons. The Bertz CT molecular complexity index is 473. The van der Waals surface area contributed by atoms with Gasteiger partial charge >= 0.3 is 0 Å². The maximum absolute atomic E-state index is 11.7. The second kappa shape index (κ2) is 5.49. The molecule has 0 aromatic rings. The van der Waals surface area contributed by atoms with E-state index >= 15 is 0 Å². The summed E-state index contributed by atoms with van der Waals surface area (Å²) < 4.78 is 12.3. The van der Waals surface area contributed by atoms with Gasteiger partial charge in [-0.1, -0.05) is 27.4 Å². The Labute approximate surface area is 129 Å². The Morgan fingerprint density at radius 1 is 1.48 bits per heavy atom. The maximum Gasteiger partial charge on any atom is 0.191 e. The first-order valence-corrected chi connectivity index (χ1v) is 10.7. The Morgan fingerprint density at radius 3 is 2.76 bits per heavy atom. The lowest BCUT2D eigenvalue weighted by Gasteiger charge is -2.38. The molecule has 2 rings (SSSR count). The van der Waals surface area contributed by atoms with E-state index in [4.69, 9.17) is 9.16 Å². The zero-order valence-electron chi connectivity index (χ0n) is 14.0. The highest BCUT2D eigenvalue weighted by Crippen LogP contribution is 2.44. The topological polar surface area (TPSA) is 35.5 Å². The number of ether oxygens (including phenoxy) is 1. The van der Waals surface area contributed by atoms with E-state index in [1.807, 2.05) is 6.08 Å². The van der Waals surface area contributed by atoms with Gasteiger partial charge in [0.15, 0.2) is 14.1 Å². The van der Waals surface area contributed by atoms with Crippen molar-refractivity contribution < 1.29 is 14.0 Å². The Balaban J connectivity index is 2.03. The summed E-state index contributed by atoms with van der Waals surface area (Å²) >= 11 is 0. The highest BCUT2D eigenvalue weighted by molar-refractivity contribution is 6.74. The van der Waals surface area contributed by atoms with Crippen molar-refractivity contribution in [2.75, 3.05) is 13.2 Å². The fraction of sp³-hybridized carbons (Fsp3) is 0.706. The van der Waals surface area contributed by atoms with Crippen LogP contribution in [-0.2, 0) is 14.0 Å². The van der Waals surface area contributed by atoms with Crippen molar-refractivity contribution in [1.29, 1.82) is 0 Å². The molecule has 4 heteroatoms. The van der Waals surface area contributed by atoms with E-state index in [0.29, 0.717) is 19.6 Å². The number of allylic oxidation sites excluding steroid dienone is 1. The van der Waals surface area contributed by atoms with Gasteiger partial charge in [0, 0.05) is 25.4 Å². The molecule has 1 aliphatic carbocycles. The minimum atomic E-state index is -1.74. The predicted molar refractivity (Wildman–Crippen MR) is 87.8 cm³/mol. The van der Waals surface area contributed by atoms with Crippen molar-refractivity contribution in [3.63, 3.8) is 0 Å². The smallest absolute Gasteiger partial charge is 0.191 e. The van der Waals surface area contributed by atoms with Crippen LogP contribution in [0.1, 0.15) is 33.6 Å². The molecule has 0 unspecified atom stereocenters. The molecule has 2 aliphatic rings. The quantitative estimate of drug-likeness (QED) is 0.584. The summed E-state index contributed by atoms with van der Waals surface area (Å²) in [5.74, 6) is 0.297. The van der Waals surface area contributed by atoms with E-state index in [2.05, 4.69) is 40.4 Å². The molecular formula is C17H28O3Si. The summed E-state index contributed by atoms with van der Waals surface area (Å²) in [6.07, 6.45) is 4.93. The predicted octanol–water partition coefficient (Wildman–Crippen LogP) is 3.87. The molecule has 0 saturated carbocycles. The van der Waals surface area contributed by atoms with Gasteiger partial charge in [-0.25, -0.2) is 0 Å². The first kappa shape index (κ1) is 16.7. The van der Waals surface area contributed by atoms with Crippen molar-refractivity contribution in [2.24, 2.45) is 5.92 Å². The minimum Gasteiger partial charge on any atom is -0.417 e. The number of carbonyl (C=O) groups excluding carboxylic acids is 1. The third-order valence-electron chi connectivity index (χ3n) is 5.33. The molecule has 0 aromatic heterocycles. The van der Waals surface area contributed by atoms with E-state index in [0.717, 1.165) is 12.0 Å². The van der Waals surface area contributed by atoms with Crippen LogP contribution in [0.15, 0.2) is 24.3 Å². The standard InChI is InChI=1S/C17H28O3Si/c1-13-12-19-17(8-7-14(18)11-15(13)17)9-10-20-21(5,6)16(2,3)4/h7-8,15H,1,9-12H2,2-6H3/t15-,17+/m0/s1. The molecule has 21 heavy (non-hydrogen) atoms. The third-order valence-corrected chi connectivity index (χ3v) is 9.87. The van der Waals surface area contributed by atoms with Gasteiger partial charge in [-0.2, -0.15) is 0 Å². The monoisotopic (exact) mass is 308 g/mol. The number of rotatable bonds is 4. The van der Waals surface area contributed by atoms with Gasteiger partial charge in [0.05, 0.1) is 12.2 Å². The summed E-state index contributed by atoms with van der Waals surface area (Å²) in [6.45, 7) is 16.6. The van der Waals surface area contributed by atoms with Crippen molar-refractivity contribution in [2.45, 2.75) is 57.3 Å². The molecule has 0 bridgehead atoms. The number of hydrogen-bond acceptors (Lipinski definition) is 3. The lowest BCUT2D eigenvalue weighted by molar-refractivity contribution is -0.117. The number of fused-ring (bicyclic) bond motifs is 1. The molecule has 1 fully saturated rings. The van der Waals surface area contributed by atoms with Crippen LogP contribution in [0.3, 0.4) is 0 Å². The first-order chi connectivity index (χ1) is 9.57. The van der Waals surface area contributed by atoms with E-state index in [9.17, 15) is 4.79 Å². The second-order valence-corrected chi connectivity index (χ2v) is 12.6. The van der Waals surface area contributed by atoms with E-state index in [1.165, 1.54) is 0 Å². The first-order valence-electron chi connectivity index (χ1n) is 7.75. The fourth-order valence-corrected chi connectivity index (χ4v) is 3.82. The molecule has 1 saturated heterocycles. The zero-order chi connectivity index (χ0) is 15.9. The summed E-state index contributed by atoms with van der Waals surface area (Å²) in [4.78, 5) is 11.7. The van der Waals surface area contributed by atoms with Gasteiger partial charge < -0.3 is 9.16 Å². The molecule has 0 amide bonds. The molecule has 0 radical (unpaired) electrons. The average molecular weight is 308 g/mol. The van der Waals surface area contributed by atoms with Gasteiger partial charge in [-0.05, 0) is 35.9 Å². The SMILES string of the molecule is C=C1CO[C@@]2(CCO[Si](C)(C)C(C)(C)C)C=CC(=O)C[C@@H]12. The van der Waals surface area contributed by atoms with Crippen LogP contribution in [0.4, 0.5) is 0 Å². The highest BCUT2D eigenvalue weighted by Gasteiger charge is 2.47. The number of carbonyl (C=O) groups is 1. The highest BCUT2D eigenvalue weighted by atomic mass is 28.4. The Kier molecular flexibility index (Phi) is 4.35. The molecule has 1 aliphatic heterocycles. The molecule has 3 nitrogen and oxygen atoms in total. The molecule has 0 aromatic carbocycles. The van der Waals surface area contributed by atoms with Crippen molar-refractivity contribution >= 4 is 14.1 Å². The minimum absolute atomic E-state index is 0.123. The van der Waals surface area contributed by atoms with Gasteiger partial charge in [0.2, 0.25) is 0 Å². The number of hydrogen-bond donors (Lipinski definition) is 0. The van der Waals surface area contributed by atoms with Gasteiger partial charge in [-0.3, -0.25) is 4.79 Å². The average Bonchev–Trinajstić information content (AvgIpc) is 2.66. The normalized spacial score (nSPS) is 29.9. The summed E-state index contributed by atoms with van der Waals surface area (Å²) in [6, 6.07) is 0. The van der Waals surface area contributed by atoms with Crippen LogP contribution < -0.4 is 0 Å². The van der Waals surface area contributed by atoms with E-state index in [-0.39, 0.29) is 22.3 Å². The van der Waals surface area contributed by atoms with Crippen LogP contribution >= 0.6 is 0 Å². The van der Waals surface area contributed by atoms with Gasteiger partial charge in [0.25, 0.3) is 0 Å². The largest absolute Gasteiger partial charge is 0.417 e. The van der Waals surface area contributed by atoms with Crippen LogP contribution in [0.5, 0.6) is 0 Å². The van der Waals surface area contributed by atoms with Gasteiger partial charge in [0.1, 0.15) is 0 Å². The zero-order valence-corrected chi connectivity index (χ0v) is 15.0. The number of ketones is 1. The van der Waals surface area contributed by atoms with Gasteiger partial charge in [-0.15, -0.1) is 0 Å². The van der Waals surface area contributed by atoms with Crippen molar-refractivity contribution in [1.82, 2.24) is 0 Å². The van der Waals surface area contributed by atoms with Crippen LogP contribution in [-0.4, -0.2) is 32.9 Å². The molecule has 2 atom stereocenters. The maximum atomic E-state index is 11.7. The van der Waals surface area contributed by atoms with Crippen LogP contribution in [0.2, 0.25) is 18.1 Å². The lowest BCUT2D eigenvalue weighted by Crippen LogP contribution is -2.44. The second-order valence-electron chi connectivity index (χ2n) is 7.82. The lowest BCUT2D eigenvalue weighted by atomic mass is 9.76. The molecule has 0 N–H and O–H groups in total. The summed E-state index contributed by atoms with van der Waals surface area (Å²) in [5.41, 5.74) is 0.674. The van der Waals surface area contributed by atoms with E-state index < -0.39 is 8.32 Å². The van der Waals surface area contributed by atoms with Crippen LogP contribution in [0, 0.1) is 5.92 Å². The van der Waals surface area contributed by atoms with Crippen molar-refractivity contribution in [3.8, 4) is 0 Å². The Morgan fingerprint density at radius 2 is 2.14 bits per heavy atom. The third kappa shape index (κ3) is 3.22.